The van der Waals surface area contributed by atoms with E-state index in [0.29, 0.717) is 5.91 Å². The summed E-state index contributed by atoms with van der Waals surface area (Å²) in [6.07, 6.45) is 6.45. The second-order valence-corrected chi connectivity index (χ2v) is 9.78. The average Bonchev–Trinajstić information content (AvgIpc) is 3.57. The normalized spacial score (nSPS) is 22.6. The zero-order valence-corrected chi connectivity index (χ0v) is 19.2. The van der Waals surface area contributed by atoms with E-state index in [1.807, 2.05) is 47.4 Å². The Kier molecular flexibility index (Phi) is 6.32. The van der Waals surface area contributed by atoms with Gasteiger partial charge in [0.25, 0.3) is 0 Å². The fraction of sp³-hybridized carbons (Fsp3) is 0.429. The summed E-state index contributed by atoms with van der Waals surface area (Å²) in [6, 6.07) is 20.5. The van der Waals surface area contributed by atoms with Crippen molar-refractivity contribution in [3.63, 3.8) is 0 Å². The zero-order chi connectivity index (χ0) is 22.7. The maximum absolute atomic E-state index is 13.2. The molecule has 5 heteroatoms. The minimum atomic E-state index is 0.0757. The van der Waals surface area contributed by atoms with Crippen molar-refractivity contribution >= 4 is 17.9 Å². The Morgan fingerprint density at radius 3 is 2.12 bits per heavy atom. The summed E-state index contributed by atoms with van der Waals surface area (Å²) in [6.45, 7) is 6.01. The number of piperidine rings is 1. The molecule has 1 aliphatic carbocycles. The van der Waals surface area contributed by atoms with Crippen LogP contribution in [0.1, 0.15) is 30.4 Å². The molecule has 3 fully saturated rings. The SMILES string of the molecule is O=C(/C=C/c1ccccc1)N1CCC2(CC1)C[C@H]2C(=O)N1CCN(Cc2ccccc2)CC1. The van der Waals surface area contributed by atoms with Crippen LogP contribution in [0.3, 0.4) is 0 Å². The number of amides is 2. The fourth-order valence-corrected chi connectivity index (χ4v) is 5.45. The first-order valence-electron chi connectivity index (χ1n) is 12.2. The first-order valence-corrected chi connectivity index (χ1v) is 12.2. The standard InChI is InChI=1S/C28H33N3O2/c32-26(12-11-23-7-3-1-4-8-23)30-15-13-28(14-16-30)21-25(28)27(33)31-19-17-29(18-20-31)22-24-9-5-2-6-10-24/h1-12,25H,13-22H2/b12-11+/t25-/m0/s1. The molecule has 0 aromatic heterocycles. The lowest BCUT2D eigenvalue weighted by Gasteiger charge is -2.36. The van der Waals surface area contributed by atoms with Crippen molar-refractivity contribution in [2.24, 2.45) is 11.3 Å². The van der Waals surface area contributed by atoms with E-state index in [4.69, 9.17) is 0 Å². The number of hydrogen-bond donors (Lipinski definition) is 0. The predicted molar refractivity (Wildman–Crippen MR) is 130 cm³/mol. The van der Waals surface area contributed by atoms with E-state index in [2.05, 4.69) is 34.1 Å². The summed E-state index contributed by atoms with van der Waals surface area (Å²) in [5, 5.41) is 0. The minimum absolute atomic E-state index is 0.0757. The van der Waals surface area contributed by atoms with Crippen LogP contribution in [0, 0.1) is 11.3 Å². The van der Waals surface area contributed by atoms with Crippen LogP contribution in [0.25, 0.3) is 6.08 Å². The van der Waals surface area contributed by atoms with Gasteiger partial charge in [-0.1, -0.05) is 60.7 Å². The summed E-state index contributed by atoms with van der Waals surface area (Å²) in [4.78, 5) is 32.2. The molecule has 2 aromatic rings. The second-order valence-electron chi connectivity index (χ2n) is 9.78. The molecule has 2 amide bonds. The van der Waals surface area contributed by atoms with Crippen molar-refractivity contribution in [1.82, 2.24) is 14.7 Å². The van der Waals surface area contributed by atoms with Gasteiger partial charge in [-0.2, -0.15) is 0 Å². The number of piperazine rings is 1. The van der Waals surface area contributed by atoms with Crippen LogP contribution in [0.2, 0.25) is 0 Å². The van der Waals surface area contributed by atoms with Crippen molar-refractivity contribution < 1.29 is 9.59 Å². The smallest absolute Gasteiger partial charge is 0.246 e. The summed E-state index contributed by atoms with van der Waals surface area (Å²) in [5.74, 6) is 0.583. The molecular weight excluding hydrogens is 410 g/mol. The Hall–Kier alpha value is -2.92. The Balaban J connectivity index is 1.07. The third-order valence-electron chi connectivity index (χ3n) is 7.71. The number of carbonyl (C=O) groups excluding carboxylic acids is 2. The third-order valence-corrected chi connectivity index (χ3v) is 7.71. The van der Waals surface area contributed by atoms with Gasteiger partial charge in [-0.3, -0.25) is 14.5 Å². The monoisotopic (exact) mass is 443 g/mol. The van der Waals surface area contributed by atoms with E-state index in [-0.39, 0.29) is 17.2 Å². The van der Waals surface area contributed by atoms with Crippen LogP contribution in [0.5, 0.6) is 0 Å². The van der Waals surface area contributed by atoms with Gasteiger partial charge >= 0.3 is 0 Å². The Morgan fingerprint density at radius 1 is 0.818 bits per heavy atom. The number of hydrogen-bond acceptors (Lipinski definition) is 3. The Labute approximate surface area is 196 Å². The summed E-state index contributed by atoms with van der Waals surface area (Å²) in [7, 11) is 0. The maximum atomic E-state index is 13.2. The fourth-order valence-electron chi connectivity index (χ4n) is 5.45. The van der Waals surface area contributed by atoms with Crippen LogP contribution in [-0.2, 0) is 16.1 Å². The molecule has 2 aliphatic heterocycles. The van der Waals surface area contributed by atoms with Crippen molar-refractivity contribution in [2.45, 2.75) is 25.8 Å². The van der Waals surface area contributed by atoms with Crippen LogP contribution < -0.4 is 0 Å². The summed E-state index contributed by atoms with van der Waals surface area (Å²) in [5.41, 5.74) is 2.51. The molecule has 172 valence electrons. The van der Waals surface area contributed by atoms with Crippen LogP contribution >= 0.6 is 0 Å². The predicted octanol–water partition coefficient (Wildman–Crippen LogP) is 3.67. The van der Waals surface area contributed by atoms with Gasteiger partial charge in [0.2, 0.25) is 11.8 Å². The maximum Gasteiger partial charge on any atom is 0.246 e. The molecule has 2 saturated heterocycles. The van der Waals surface area contributed by atoms with Crippen molar-refractivity contribution in [3.8, 4) is 0 Å². The van der Waals surface area contributed by atoms with Gasteiger partial charge in [0.1, 0.15) is 0 Å². The highest BCUT2D eigenvalue weighted by Crippen LogP contribution is 2.60. The van der Waals surface area contributed by atoms with Gasteiger partial charge in [0, 0.05) is 57.8 Å². The molecular formula is C28H33N3O2. The van der Waals surface area contributed by atoms with Gasteiger partial charge < -0.3 is 9.80 Å². The molecule has 1 atom stereocenters. The molecule has 5 nitrogen and oxygen atoms in total. The lowest BCUT2D eigenvalue weighted by atomic mass is 9.90. The molecule has 0 unspecified atom stereocenters. The van der Waals surface area contributed by atoms with E-state index in [0.717, 1.165) is 70.6 Å². The molecule has 0 radical (unpaired) electrons. The summed E-state index contributed by atoms with van der Waals surface area (Å²) >= 11 is 0. The number of carbonyl (C=O) groups is 2. The third kappa shape index (κ3) is 5.03. The highest BCUT2D eigenvalue weighted by atomic mass is 16.2. The molecule has 5 rings (SSSR count). The van der Waals surface area contributed by atoms with E-state index in [9.17, 15) is 9.59 Å². The molecule has 1 spiro atoms. The first-order chi connectivity index (χ1) is 16.1. The van der Waals surface area contributed by atoms with Crippen LogP contribution in [0.4, 0.5) is 0 Å². The lowest BCUT2D eigenvalue weighted by Crippen LogP contribution is -2.49. The van der Waals surface area contributed by atoms with Gasteiger partial charge in [-0.15, -0.1) is 0 Å². The molecule has 3 aliphatic rings. The molecule has 1 saturated carbocycles. The number of rotatable bonds is 5. The van der Waals surface area contributed by atoms with Gasteiger partial charge in [0.05, 0.1) is 0 Å². The van der Waals surface area contributed by atoms with E-state index in [1.165, 1.54) is 5.56 Å². The van der Waals surface area contributed by atoms with E-state index >= 15 is 0 Å². The van der Waals surface area contributed by atoms with E-state index < -0.39 is 0 Å². The Bertz CT molecular complexity index is 988. The van der Waals surface area contributed by atoms with Crippen molar-refractivity contribution in [2.75, 3.05) is 39.3 Å². The minimum Gasteiger partial charge on any atom is -0.340 e. The topological polar surface area (TPSA) is 43.9 Å². The molecule has 0 bridgehead atoms. The number of benzene rings is 2. The second kappa shape index (κ2) is 9.52. The highest BCUT2D eigenvalue weighted by molar-refractivity contribution is 5.92. The molecule has 2 aromatic carbocycles. The first kappa shape index (κ1) is 21.9. The lowest BCUT2D eigenvalue weighted by molar-refractivity contribution is -0.135. The quantitative estimate of drug-likeness (QED) is 0.663. The van der Waals surface area contributed by atoms with Crippen LogP contribution in [0.15, 0.2) is 66.7 Å². The molecule has 2 heterocycles. The van der Waals surface area contributed by atoms with Gasteiger partial charge in [-0.25, -0.2) is 0 Å². The number of nitrogens with zero attached hydrogens (tertiary/aromatic N) is 3. The highest BCUT2D eigenvalue weighted by Gasteiger charge is 2.59. The van der Waals surface area contributed by atoms with Gasteiger partial charge in [0.15, 0.2) is 0 Å². The van der Waals surface area contributed by atoms with Gasteiger partial charge in [-0.05, 0) is 41.9 Å². The molecule has 0 N–H and O–H groups in total. The van der Waals surface area contributed by atoms with E-state index in [1.54, 1.807) is 6.08 Å². The van der Waals surface area contributed by atoms with Crippen molar-refractivity contribution in [1.29, 1.82) is 0 Å². The summed E-state index contributed by atoms with van der Waals surface area (Å²) < 4.78 is 0. The van der Waals surface area contributed by atoms with Crippen molar-refractivity contribution in [3.05, 3.63) is 77.9 Å². The molecule has 33 heavy (non-hydrogen) atoms. The zero-order valence-electron chi connectivity index (χ0n) is 19.2. The largest absolute Gasteiger partial charge is 0.340 e. The number of likely N-dealkylation sites (tertiary alicyclic amines) is 1. The average molecular weight is 444 g/mol. The Morgan fingerprint density at radius 2 is 1.45 bits per heavy atom. The van der Waals surface area contributed by atoms with Crippen LogP contribution in [-0.4, -0.2) is 65.8 Å².